The molecule has 1 heterocycles. The monoisotopic (exact) mass is 347 g/mol. The van der Waals surface area contributed by atoms with Gasteiger partial charge in [0, 0.05) is 31.3 Å². The molecule has 0 unspecified atom stereocenters. The molecule has 2 rings (SSSR count). The van der Waals surface area contributed by atoms with Gasteiger partial charge in [-0.3, -0.25) is 4.68 Å². The van der Waals surface area contributed by atoms with E-state index in [9.17, 15) is 17.2 Å². The zero-order chi connectivity index (χ0) is 16.2. The van der Waals surface area contributed by atoms with Gasteiger partial charge in [0.25, 0.3) is 0 Å². The number of aromatic nitrogens is 2. The van der Waals surface area contributed by atoms with Crippen LogP contribution in [0.25, 0.3) is 0 Å². The van der Waals surface area contributed by atoms with Gasteiger partial charge < -0.3 is 0 Å². The molecule has 0 spiro atoms. The third-order valence-corrected chi connectivity index (χ3v) is 5.23. The van der Waals surface area contributed by atoms with Crippen molar-refractivity contribution in [1.29, 1.82) is 0 Å². The molecule has 2 aromatic rings. The molecule has 0 saturated carbocycles. The first kappa shape index (κ1) is 16.9. The SMILES string of the molecule is Cn1cc(S(=O)(=O)NCCSCc2ccc(F)c(F)c2)cn1. The van der Waals surface area contributed by atoms with Gasteiger partial charge in [-0.2, -0.15) is 16.9 Å². The standard InChI is InChI=1S/C13H15F2N3O2S2/c1-18-8-11(7-16-18)22(19,20)17-4-5-21-9-10-2-3-12(14)13(15)6-10/h2-3,6-8,17H,4-5,9H2,1H3. The van der Waals surface area contributed by atoms with Crippen LogP contribution in [0.15, 0.2) is 35.5 Å². The van der Waals surface area contributed by atoms with Gasteiger partial charge in [-0.15, -0.1) is 0 Å². The number of thioether (sulfide) groups is 1. The highest BCUT2D eigenvalue weighted by Crippen LogP contribution is 2.15. The zero-order valence-corrected chi connectivity index (χ0v) is 13.4. The van der Waals surface area contributed by atoms with E-state index < -0.39 is 21.7 Å². The number of hydrogen-bond donors (Lipinski definition) is 1. The van der Waals surface area contributed by atoms with E-state index in [0.29, 0.717) is 17.1 Å². The predicted octanol–water partition coefficient (Wildman–Crippen LogP) is 1.91. The van der Waals surface area contributed by atoms with E-state index in [-0.39, 0.29) is 11.4 Å². The van der Waals surface area contributed by atoms with Crippen molar-refractivity contribution < 1.29 is 17.2 Å². The van der Waals surface area contributed by atoms with E-state index in [1.54, 1.807) is 7.05 Å². The van der Waals surface area contributed by atoms with Crippen molar-refractivity contribution in [1.82, 2.24) is 14.5 Å². The minimum atomic E-state index is -3.55. The average molecular weight is 347 g/mol. The minimum absolute atomic E-state index is 0.112. The molecule has 0 fully saturated rings. The van der Waals surface area contributed by atoms with E-state index in [4.69, 9.17) is 0 Å². The summed E-state index contributed by atoms with van der Waals surface area (Å²) in [7, 11) is -1.92. The molecule has 22 heavy (non-hydrogen) atoms. The lowest BCUT2D eigenvalue weighted by Gasteiger charge is -2.05. The Morgan fingerprint density at radius 3 is 2.73 bits per heavy atom. The van der Waals surface area contributed by atoms with Crippen LogP contribution in [0.3, 0.4) is 0 Å². The lowest BCUT2D eigenvalue weighted by atomic mass is 10.2. The smallest absolute Gasteiger partial charge is 0.243 e. The zero-order valence-electron chi connectivity index (χ0n) is 11.8. The second-order valence-electron chi connectivity index (χ2n) is 4.55. The Morgan fingerprint density at radius 2 is 2.09 bits per heavy atom. The summed E-state index contributed by atoms with van der Waals surface area (Å²) in [6, 6.07) is 3.73. The molecule has 0 aliphatic rings. The van der Waals surface area contributed by atoms with Crippen LogP contribution < -0.4 is 4.72 Å². The summed E-state index contributed by atoms with van der Waals surface area (Å²) in [5.74, 6) is -0.766. The van der Waals surface area contributed by atoms with E-state index in [1.165, 1.54) is 34.9 Å². The van der Waals surface area contributed by atoms with Gasteiger partial charge >= 0.3 is 0 Å². The topological polar surface area (TPSA) is 64.0 Å². The number of aryl methyl sites for hydroxylation is 1. The Hall–Kier alpha value is -1.45. The van der Waals surface area contributed by atoms with Crippen LogP contribution in [0.1, 0.15) is 5.56 Å². The molecule has 0 radical (unpaired) electrons. The summed E-state index contributed by atoms with van der Waals surface area (Å²) in [6.45, 7) is 0.242. The van der Waals surface area contributed by atoms with Crippen LogP contribution in [0.2, 0.25) is 0 Å². The van der Waals surface area contributed by atoms with Crippen LogP contribution in [0.5, 0.6) is 0 Å². The van der Waals surface area contributed by atoms with E-state index in [1.807, 2.05) is 0 Å². The van der Waals surface area contributed by atoms with Crippen molar-refractivity contribution in [3.63, 3.8) is 0 Å². The molecule has 1 N–H and O–H groups in total. The third-order valence-electron chi connectivity index (χ3n) is 2.78. The molecular weight excluding hydrogens is 332 g/mol. The second-order valence-corrected chi connectivity index (χ2v) is 7.42. The normalized spacial score (nSPS) is 11.8. The molecule has 0 amide bonds. The van der Waals surface area contributed by atoms with Crippen LogP contribution in [-0.4, -0.2) is 30.5 Å². The number of hydrogen-bond acceptors (Lipinski definition) is 4. The van der Waals surface area contributed by atoms with Gasteiger partial charge in [-0.1, -0.05) is 6.07 Å². The van der Waals surface area contributed by atoms with Crippen molar-refractivity contribution in [2.75, 3.05) is 12.3 Å². The first-order chi connectivity index (χ1) is 10.4. The predicted molar refractivity (Wildman–Crippen MR) is 80.9 cm³/mol. The molecule has 5 nitrogen and oxygen atoms in total. The summed E-state index contributed by atoms with van der Waals surface area (Å²) >= 11 is 1.43. The fraction of sp³-hybridized carbons (Fsp3) is 0.308. The average Bonchev–Trinajstić information content (AvgIpc) is 2.90. The minimum Gasteiger partial charge on any atom is -0.274 e. The summed E-state index contributed by atoms with van der Waals surface area (Å²) < 4.78 is 53.4. The molecule has 1 aromatic heterocycles. The molecule has 1 aromatic carbocycles. The van der Waals surface area contributed by atoms with Crippen molar-refractivity contribution in [3.8, 4) is 0 Å². The van der Waals surface area contributed by atoms with Gasteiger partial charge in [0.1, 0.15) is 4.90 Å². The summed E-state index contributed by atoms with van der Waals surface area (Å²) in [6.07, 6.45) is 2.69. The highest BCUT2D eigenvalue weighted by molar-refractivity contribution is 7.98. The summed E-state index contributed by atoms with van der Waals surface area (Å²) in [5.41, 5.74) is 0.652. The molecule has 0 atom stereocenters. The van der Waals surface area contributed by atoms with Gasteiger partial charge in [0.05, 0.1) is 6.20 Å². The quantitative estimate of drug-likeness (QED) is 0.777. The second kappa shape index (κ2) is 7.21. The Bertz CT molecular complexity index is 747. The lowest BCUT2D eigenvalue weighted by molar-refractivity contribution is 0.507. The molecule has 0 aliphatic heterocycles. The first-order valence-electron chi connectivity index (χ1n) is 6.38. The van der Waals surface area contributed by atoms with Crippen molar-refractivity contribution in [2.24, 2.45) is 7.05 Å². The van der Waals surface area contributed by atoms with Crippen molar-refractivity contribution in [3.05, 3.63) is 47.8 Å². The Morgan fingerprint density at radius 1 is 1.32 bits per heavy atom. The van der Waals surface area contributed by atoms with E-state index >= 15 is 0 Å². The van der Waals surface area contributed by atoms with Crippen LogP contribution in [0.4, 0.5) is 8.78 Å². The number of rotatable bonds is 7. The summed E-state index contributed by atoms with van der Waals surface area (Å²) in [5, 5.41) is 3.81. The molecule has 9 heteroatoms. The number of halogens is 2. The maximum absolute atomic E-state index is 13.0. The van der Waals surface area contributed by atoms with Gasteiger partial charge in [-0.25, -0.2) is 21.9 Å². The maximum Gasteiger partial charge on any atom is 0.243 e. The highest BCUT2D eigenvalue weighted by atomic mass is 32.2. The third kappa shape index (κ3) is 4.52. The fourth-order valence-electron chi connectivity index (χ4n) is 1.69. The Kier molecular flexibility index (Phi) is 5.54. The summed E-state index contributed by atoms with van der Waals surface area (Å²) in [4.78, 5) is 0.112. The largest absolute Gasteiger partial charge is 0.274 e. The number of benzene rings is 1. The van der Waals surface area contributed by atoms with Crippen LogP contribution >= 0.6 is 11.8 Å². The fourth-order valence-corrected chi connectivity index (χ4v) is 3.64. The Balaban J connectivity index is 1.76. The first-order valence-corrected chi connectivity index (χ1v) is 9.02. The van der Waals surface area contributed by atoms with E-state index in [0.717, 1.165) is 12.1 Å². The Labute approximate surface area is 131 Å². The van der Waals surface area contributed by atoms with E-state index in [2.05, 4.69) is 9.82 Å². The van der Waals surface area contributed by atoms with Gasteiger partial charge in [-0.05, 0) is 17.7 Å². The number of nitrogens with zero attached hydrogens (tertiary/aromatic N) is 2. The number of sulfonamides is 1. The molecule has 0 aliphatic carbocycles. The van der Waals surface area contributed by atoms with Crippen molar-refractivity contribution in [2.45, 2.75) is 10.6 Å². The van der Waals surface area contributed by atoms with Gasteiger partial charge in [0.2, 0.25) is 10.0 Å². The molecule has 120 valence electrons. The molecular formula is C13H15F2N3O2S2. The molecule has 0 saturated heterocycles. The molecule has 0 bridgehead atoms. The van der Waals surface area contributed by atoms with Crippen LogP contribution in [-0.2, 0) is 22.8 Å². The number of nitrogens with one attached hydrogen (secondary N) is 1. The maximum atomic E-state index is 13.0. The lowest BCUT2D eigenvalue weighted by Crippen LogP contribution is -2.25. The highest BCUT2D eigenvalue weighted by Gasteiger charge is 2.14. The van der Waals surface area contributed by atoms with Gasteiger partial charge in [0.15, 0.2) is 11.6 Å². The van der Waals surface area contributed by atoms with Crippen LogP contribution in [0, 0.1) is 11.6 Å². The van der Waals surface area contributed by atoms with Crippen molar-refractivity contribution >= 4 is 21.8 Å².